The lowest BCUT2D eigenvalue weighted by Crippen LogP contribution is -1.81. The highest BCUT2D eigenvalue weighted by Crippen LogP contribution is 1.80. The van der Waals surface area contributed by atoms with Crippen LogP contribution in [0.3, 0.4) is 0 Å². The van der Waals surface area contributed by atoms with Gasteiger partial charge in [0.2, 0.25) is 0 Å². The van der Waals surface area contributed by atoms with Crippen LogP contribution in [0.25, 0.3) is 0 Å². The molecule has 1 N–H and O–H groups in total. The third kappa shape index (κ3) is 4.54. The van der Waals surface area contributed by atoms with Crippen molar-refractivity contribution in [1.82, 2.24) is 0 Å². The van der Waals surface area contributed by atoms with E-state index in [4.69, 9.17) is 4.55 Å². The summed E-state index contributed by atoms with van der Waals surface area (Å²) in [6, 6.07) is 0. The molecule has 0 aliphatic heterocycles. The zero-order chi connectivity index (χ0) is 4.28. The summed E-state index contributed by atoms with van der Waals surface area (Å²) in [6.07, 6.45) is 0. The molecule has 0 radical (unpaired) electrons. The maximum atomic E-state index is 9.46. The summed E-state index contributed by atoms with van der Waals surface area (Å²) in [4.78, 5) is 0. The van der Waals surface area contributed by atoms with Crippen LogP contribution < -0.4 is 0 Å². The van der Waals surface area contributed by atoms with E-state index in [1.807, 2.05) is 0 Å². The summed E-state index contributed by atoms with van der Waals surface area (Å²) in [5.41, 5.74) is 0.250. The van der Waals surface area contributed by atoms with Gasteiger partial charge in [-0.15, -0.1) is 9.24 Å². The Labute approximate surface area is 35.4 Å². The molecule has 0 aliphatic carbocycles. The van der Waals surface area contributed by atoms with Gasteiger partial charge in [0.25, 0.3) is 0 Å². The molecule has 4 heteroatoms. The average Bonchev–Trinajstić information content (AvgIpc) is 1.38. The van der Waals surface area contributed by atoms with Crippen LogP contribution in [0.4, 0.5) is 0 Å². The topological polar surface area (TPSA) is 37.3 Å². The third-order valence-electron chi connectivity index (χ3n) is 0.143. The highest BCUT2D eigenvalue weighted by Gasteiger charge is 1.76. The molecule has 0 aromatic heterocycles. The van der Waals surface area contributed by atoms with Gasteiger partial charge >= 0.3 is 0 Å². The first-order valence-corrected chi connectivity index (χ1v) is 3.14. The molecule has 0 saturated heterocycles. The predicted molar refractivity (Wildman–Crippen MR) is 25.3 cm³/mol. The monoisotopic (exact) mass is 112 g/mol. The maximum absolute atomic E-state index is 9.46. The first-order valence-electron chi connectivity index (χ1n) is 1.05. The zero-order valence-corrected chi connectivity index (χ0v) is 4.52. The lowest BCUT2D eigenvalue weighted by molar-refractivity contribution is 0.569. The van der Waals surface area contributed by atoms with Crippen molar-refractivity contribution in [3.63, 3.8) is 0 Å². The molecule has 5 heavy (non-hydrogen) atoms. The zero-order valence-electron chi connectivity index (χ0n) is 2.55. The lowest BCUT2D eigenvalue weighted by Gasteiger charge is -1.73. The van der Waals surface area contributed by atoms with Crippen molar-refractivity contribution in [2.24, 2.45) is 0 Å². The Balaban J connectivity index is 2.85. The molecule has 0 amide bonds. The Morgan fingerprint density at radius 3 is 2.20 bits per heavy atom. The Bertz CT molecular complexity index is 44.9. The van der Waals surface area contributed by atoms with Gasteiger partial charge in [-0.1, -0.05) is 0 Å². The minimum Gasteiger partial charge on any atom is -0.306 e. The Morgan fingerprint density at radius 2 is 2.20 bits per heavy atom. The molecule has 0 saturated carbocycles. The van der Waals surface area contributed by atoms with E-state index in [0.717, 1.165) is 0 Å². The second-order valence-corrected chi connectivity index (χ2v) is 2.46. The van der Waals surface area contributed by atoms with Gasteiger partial charge in [-0.2, -0.15) is 0 Å². The second-order valence-electron chi connectivity index (χ2n) is 0.488. The Kier molecular flexibility index (Phi) is 3.06. The van der Waals surface area contributed by atoms with Gasteiger partial charge in [-0.25, -0.2) is 4.21 Å². The van der Waals surface area contributed by atoms with E-state index >= 15 is 0 Å². The van der Waals surface area contributed by atoms with Gasteiger partial charge in [-0.05, 0) is 0 Å². The van der Waals surface area contributed by atoms with Crippen molar-refractivity contribution in [1.29, 1.82) is 0 Å². The summed E-state index contributed by atoms with van der Waals surface area (Å²) >= 11 is -1.61. The van der Waals surface area contributed by atoms with Crippen molar-refractivity contribution in [2.75, 3.05) is 5.49 Å². The van der Waals surface area contributed by atoms with Crippen LogP contribution in [-0.4, -0.2) is 14.3 Å². The molecule has 0 bridgehead atoms. The van der Waals surface area contributed by atoms with E-state index in [1.165, 1.54) is 0 Å². The van der Waals surface area contributed by atoms with E-state index in [9.17, 15) is 4.21 Å². The van der Waals surface area contributed by atoms with E-state index < -0.39 is 11.1 Å². The fourth-order valence-corrected chi connectivity index (χ4v) is 0. The molecule has 0 heterocycles. The van der Waals surface area contributed by atoms with Gasteiger partial charge in [0.15, 0.2) is 11.1 Å². The largest absolute Gasteiger partial charge is 0.306 e. The molecule has 0 spiro atoms. The van der Waals surface area contributed by atoms with Crippen LogP contribution in [0, 0.1) is 0 Å². The Morgan fingerprint density at radius 1 is 2.00 bits per heavy atom. The molecule has 0 aliphatic rings. The van der Waals surface area contributed by atoms with E-state index in [1.54, 1.807) is 0 Å². The fourth-order valence-electron chi connectivity index (χ4n) is 0. The van der Waals surface area contributed by atoms with Gasteiger partial charge in [0.05, 0.1) is 5.49 Å². The first kappa shape index (κ1) is 5.54. The van der Waals surface area contributed by atoms with Gasteiger partial charge in [0.1, 0.15) is 0 Å². The Hall–Kier alpha value is 0.540. The molecule has 2 unspecified atom stereocenters. The van der Waals surface area contributed by atoms with Crippen LogP contribution >= 0.6 is 9.24 Å². The third-order valence-corrected chi connectivity index (χ3v) is 1.28. The van der Waals surface area contributed by atoms with Crippen LogP contribution in [0.5, 0.6) is 0 Å². The van der Waals surface area contributed by atoms with Crippen molar-refractivity contribution in [2.45, 2.75) is 0 Å². The van der Waals surface area contributed by atoms with Crippen molar-refractivity contribution >= 4 is 20.3 Å². The number of hydrogen-bond donors (Lipinski definition) is 1. The van der Waals surface area contributed by atoms with Crippen LogP contribution in [0.15, 0.2) is 0 Å². The summed E-state index contributed by atoms with van der Waals surface area (Å²) in [5.74, 6) is 0. The highest BCUT2D eigenvalue weighted by molar-refractivity contribution is 7.83. The SMILES string of the molecule is O=S(O)CP. The molecule has 2 atom stereocenters. The van der Waals surface area contributed by atoms with Crippen LogP contribution in [-0.2, 0) is 11.1 Å². The lowest BCUT2D eigenvalue weighted by atomic mass is 11.9. The van der Waals surface area contributed by atoms with Crippen LogP contribution in [0.2, 0.25) is 0 Å². The average molecular weight is 112 g/mol. The maximum Gasteiger partial charge on any atom is 0.156 e. The number of hydrogen-bond acceptors (Lipinski definition) is 1. The minimum atomic E-state index is -1.61. The van der Waals surface area contributed by atoms with Crippen molar-refractivity contribution in [3.8, 4) is 0 Å². The molecule has 32 valence electrons. The highest BCUT2D eigenvalue weighted by atomic mass is 32.2. The number of rotatable bonds is 1. The standard InChI is InChI=1S/CH5O2PS/c2-5(3)1-4/h1,4H2,(H,2,3). The van der Waals surface area contributed by atoms with Crippen molar-refractivity contribution < 1.29 is 8.76 Å². The second kappa shape index (κ2) is 2.76. The molecular weight excluding hydrogens is 107 g/mol. The summed E-state index contributed by atoms with van der Waals surface area (Å²) in [6.45, 7) is 0. The minimum absolute atomic E-state index is 0.250. The normalized spacial score (nSPS) is 14.8. The van der Waals surface area contributed by atoms with E-state index in [0.29, 0.717) is 0 Å². The molecule has 0 fully saturated rings. The smallest absolute Gasteiger partial charge is 0.156 e. The van der Waals surface area contributed by atoms with Crippen molar-refractivity contribution in [3.05, 3.63) is 0 Å². The van der Waals surface area contributed by atoms with E-state index in [2.05, 4.69) is 9.24 Å². The summed E-state index contributed by atoms with van der Waals surface area (Å²) in [7, 11) is 2.14. The molecule has 2 nitrogen and oxygen atoms in total. The van der Waals surface area contributed by atoms with Crippen LogP contribution in [0.1, 0.15) is 0 Å². The molecule has 0 aromatic carbocycles. The molecular formula is CH5O2PS. The fraction of sp³-hybridized carbons (Fsp3) is 1.00. The van der Waals surface area contributed by atoms with Gasteiger partial charge < -0.3 is 4.55 Å². The van der Waals surface area contributed by atoms with Gasteiger partial charge in [0, 0.05) is 0 Å². The first-order chi connectivity index (χ1) is 2.27. The van der Waals surface area contributed by atoms with Gasteiger partial charge in [-0.3, -0.25) is 0 Å². The quantitative estimate of drug-likeness (QED) is 0.384. The molecule has 0 aromatic rings. The summed E-state index contributed by atoms with van der Waals surface area (Å²) in [5, 5.41) is 0. The predicted octanol–water partition coefficient (Wildman–Crippen LogP) is 0.0407. The summed E-state index contributed by atoms with van der Waals surface area (Å²) < 4.78 is 17.3. The molecule has 0 rings (SSSR count). The van der Waals surface area contributed by atoms with E-state index in [-0.39, 0.29) is 5.49 Å².